The van der Waals surface area contributed by atoms with Crippen LogP contribution in [0, 0.1) is 11.8 Å². The van der Waals surface area contributed by atoms with Crippen molar-refractivity contribution in [1.82, 2.24) is 10.2 Å². The Balaban J connectivity index is 1.85. The lowest BCUT2D eigenvalue weighted by atomic mass is 9.87. The molecule has 2 rings (SSSR count). The summed E-state index contributed by atoms with van der Waals surface area (Å²) in [5.74, 6) is 1.71. The van der Waals surface area contributed by atoms with E-state index in [1.165, 1.54) is 64.6 Å². The zero-order valence-corrected chi connectivity index (χ0v) is 14.3. The van der Waals surface area contributed by atoms with Crippen molar-refractivity contribution in [2.75, 3.05) is 19.6 Å². The molecule has 2 aliphatic rings. The minimum absolute atomic E-state index is 0.441. The molecule has 0 aromatic carbocycles. The van der Waals surface area contributed by atoms with Crippen LogP contribution in [-0.4, -0.2) is 36.1 Å². The van der Waals surface area contributed by atoms with Crippen LogP contribution in [0.3, 0.4) is 0 Å². The van der Waals surface area contributed by atoms with Crippen LogP contribution in [0.4, 0.5) is 0 Å². The predicted molar refractivity (Wildman–Crippen MR) is 88.1 cm³/mol. The number of rotatable bonds is 8. The fraction of sp³-hybridized carbons (Fsp3) is 1.00. The Morgan fingerprint density at radius 2 is 1.85 bits per heavy atom. The molecule has 118 valence electrons. The molecule has 0 aromatic rings. The van der Waals surface area contributed by atoms with Crippen molar-refractivity contribution in [3.63, 3.8) is 0 Å². The predicted octanol–water partition coefficient (Wildman–Crippen LogP) is 4.06. The van der Waals surface area contributed by atoms with Gasteiger partial charge in [0.15, 0.2) is 0 Å². The molecule has 1 saturated heterocycles. The van der Waals surface area contributed by atoms with E-state index in [4.69, 9.17) is 0 Å². The summed E-state index contributed by atoms with van der Waals surface area (Å²) in [6, 6.07) is 0.692. The fourth-order valence-electron chi connectivity index (χ4n) is 3.77. The zero-order chi connectivity index (χ0) is 14.6. The monoisotopic (exact) mass is 280 g/mol. The summed E-state index contributed by atoms with van der Waals surface area (Å²) in [4.78, 5) is 2.85. The van der Waals surface area contributed by atoms with Gasteiger partial charge in [-0.3, -0.25) is 4.90 Å². The first-order chi connectivity index (χ1) is 9.58. The van der Waals surface area contributed by atoms with Crippen LogP contribution in [0.1, 0.15) is 72.6 Å². The standard InChI is InChI=1S/C18H36N2/c1-5-6-7-8-9-12-20-13-17(15(2)3)19-14-18(20,4)16-10-11-16/h15-17,19H,5-14H2,1-4H3. The van der Waals surface area contributed by atoms with E-state index < -0.39 is 0 Å². The summed E-state index contributed by atoms with van der Waals surface area (Å²) in [5.41, 5.74) is 0.441. The zero-order valence-electron chi connectivity index (χ0n) is 14.3. The van der Waals surface area contributed by atoms with Crippen LogP contribution < -0.4 is 5.32 Å². The van der Waals surface area contributed by atoms with Gasteiger partial charge in [0, 0.05) is 24.7 Å². The van der Waals surface area contributed by atoms with E-state index in [0.717, 1.165) is 11.8 Å². The van der Waals surface area contributed by atoms with Crippen LogP contribution in [0.5, 0.6) is 0 Å². The molecule has 1 heterocycles. The highest BCUT2D eigenvalue weighted by atomic mass is 15.3. The average Bonchev–Trinajstić information content (AvgIpc) is 3.25. The Labute approximate surface area is 126 Å². The largest absolute Gasteiger partial charge is 0.311 e. The fourth-order valence-corrected chi connectivity index (χ4v) is 3.77. The lowest BCUT2D eigenvalue weighted by molar-refractivity contribution is 0.0242. The Kier molecular flexibility index (Phi) is 5.92. The third-order valence-corrected chi connectivity index (χ3v) is 5.65. The molecule has 2 heteroatoms. The number of unbranched alkanes of at least 4 members (excludes halogenated alkanes) is 4. The maximum atomic E-state index is 3.83. The highest BCUT2D eigenvalue weighted by molar-refractivity contribution is 5.05. The molecule has 20 heavy (non-hydrogen) atoms. The van der Waals surface area contributed by atoms with Crippen molar-refractivity contribution >= 4 is 0 Å². The quantitative estimate of drug-likeness (QED) is 0.675. The van der Waals surface area contributed by atoms with Crippen molar-refractivity contribution in [3.05, 3.63) is 0 Å². The lowest BCUT2D eigenvalue weighted by Gasteiger charge is -2.50. The van der Waals surface area contributed by atoms with E-state index in [0.29, 0.717) is 11.6 Å². The molecule has 0 aromatic heterocycles. The van der Waals surface area contributed by atoms with E-state index in [-0.39, 0.29) is 0 Å². The Morgan fingerprint density at radius 1 is 1.15 bits per heavy atom. The second kappa shape index (κ2) is 7.26. The smallest absolute Gasteiger partial charge is 0.0334 e. The lowest BCUT2D eigenvalue weighted by Crippen LogP contribution is -2.65. The van der Waals surface area contributed by atoms with Gasteiger partial charge in [-0.05, 0) is 44.6 Å². The topological polar surface area (TPSA) is 15.3 Å². The Hall–Kier alpha value is -0.0800. The summed E-state index contributed by atoms with van der Waals surface area (Å²) < 4.78 is 0. The summed E-state index contributed by atoms with van der Waals surface area (Å²) in [6.45, 7) is 13.3. The first-order valence-corrected chi connectivity index (χ1v) is 9.06. The molecule has 1 saturated carbocycles. The van der Waals surface area contributed by atoms with Crippen molar-refractivity contribution in [3.8, 4) is 0 Å². The first-order valence-electron chi connectivity index (χ1n) is 9.06. The van der Waals surface area contributed by atoms with Gasteiger partial charge in [0.2, 0.25) is 0 Å². The van der Waals surface area contributed by atoms with Crippen molar-refractivity contribution < 1.29 is 0 Å². The number of nitrogens with zero attached hydrogens (tertiary/aromatic N) is 1. The molecule has 0 spiro atoms. The highest BCUT2D eigenvalue weighted by Crippen LogP contribution is 2.44. The van der Waals surface area contributed by atoms with Gasteiger partial charge in [0.25, 0.3) is 0 Å². The van der Waals surface area contributed by atoms with Crippen molar-refractivity contribution in [1.29, 1.82) is 0 Å². The van der Waals surface area contributed by atoms with E-state index >= 15 is 0 Å². The molecule has 1 N–H and O–H groups in total. The van der Waals surface area contributed by atoms with Crippen LogP contribution in [0.25, 0.3) is 0 Å². The SMILES string of the molecule is CCCCCCCN1CC(C(C)C)NCC1(C)C1CC1. The third kappa shape index (κ3) is 3.98. The number of nitrogens with one attached hydrogen (secondary N) is 1. The van der Waals surface area contributed by atoms with Crippen LogP contribution in [-0.2, 0) is 0 Å². The molecule has 0 bridgehead atoms. The minimum atomic E-state index is 0.441. The van der Waals surface area contributed by atoms with Gasteiger partial charge in [-0.25, -0.2) is 0 Å². The van der Waals surface area contributed by atoms with E-state index in [9.17, 15) is 0 Å². The molecule has 0 radical (unpaired) electrons. The molecular formula is C18H36N2. The van der Waals surface area contributed by atoms with E-state index in [1.54, 1.807) is 0 Å². The Bertz CT molecular complexity index is 285. The normalized spacial score (nSPS) is 31.9. The van der Waals surface area contributed by atoms with Gasteiger partial charge in [-0.1, -0.05) is 46.5 Å². The molecule has 1 aliphatic heterocycles. The van der Waals surface area contributed by atoms with Gasteiger partial charge >= 0.3 is 0 Å². The van der Waals surface area contributed by atoms with E-state index in [2.05, 4.69) is 37.9 Å². The summed E-state index contributed by atoms with van der Waals surface area (Å²) in [7, 11) is 0. The highest BCUT2D eigenvalue weighted by Gasteiger charge is 2.48. The van der Waals surface area contributed by atoms with Crippen molar-refractivity contribution in [2.45, 2.75) is 84.2 Å². The second-order valence-electron chi connectivity index (χ2n) is 7.72. The molecule has 0 amide bonds. The molecule has 2 atom stereocenters. The first kappa shape index (κ1) is 16.3. The van der Waals surface area contributed by atoms with Crippen LogP contribution >= 0.6 is 0 Å². The molecule has 2 nitrogen and oxygen atoms in total. The van der Waals surface area contributed by atoms with Crippen LogP contribution in [0.15, 0.2) is 0 Å². The van der Waals surface area contributed by atoms with Crippen LogP contribution in [0.2, 0.25) is 0 Å². The minimum Gasteiger partial charge on any atom is -0.311 e. The van der Waals surface area contributed by atoms with Gasteiger partial charge in [-0.2, -0.15) is 0 Å². The van der Waals surface area contributed by atoms with Gasteiger partial charge < -0.3 is 5.32 Å². The Morgan fingerprint density at radius 3 is 2.45 bits per heavy atom. The van der Waals surface area contributed by atoms with Crippen molar-refractivity contribution in [2.24, 2.45) is 11.8 Å². The molecule has 1 aliphatic carbocycles. The molecule has 2 fully saturated rings. The molecule has 2 unspecified atom stereocenters. The summed E-state index contributed by atoms with van der Waals surface area (Å²) >= 11 is 0. The van der Waals surface area contributed by atoms with Gasteiger partial charge in [0.05, 0.1) is 0 Å². The molecular weight excluding hydrogens is 244 g/mol. The van der Waals surface area contributed by atoms with Gasteiger partial charge in [0.1, 0.15) is 0 Å². The third-order valence-electron chi connectivity index (χ3n) is 5.65. The maximum absolute atomic E-state index is 3.83. The second-order valence-corrected chi connectivity index (χ2v) is 7.72. The van der Waals surface area contributed by atoms with Gasteiger partial charge in [-0.15, -0.1) is 0 Å². The number of piperazine rings is 1. The van der Waals surface area contributed by atoms with E-state index in [1.807, 2.05) is 0 Å². The number of hydrogen-bond acceptors (Lipinski definition) is 2. The average molecular weight is 281 g/mol. The number of hydrogen-bond donors (Lipinski definition) is 1. The summed E-state index contributed by atoms with van der Waals surface area (Å²) in [5, 5.41) is 3.83. The summed E-state index contributed by atoms with van der Waals surface area (Å²) in [6.07, 6.45) is 9.92. The maximum Gasteiger partial charge on any atom is 0.0334 e.